The Labute approximate surface area is 189 Å². The summed E-state index contributed by atoms with van der Waals surface area (Å²) >= 11 is 0. The maximum Gasteiger partial charge on any atom is 0.490 e. The molecule has 5 N–H and O–H groups in total. The normalized spacial score (nSPS) is 12.3. The number of benzene rings is 1. The smallest absolute Gasteiger partial charge is 0.475 e. The molecule has 180 valence electrons. The maximum absolute atomic E-state index is 12.2. The highest BCUT2D eigenvalue weighted by atomic mass is 32.2. The Morgan fingerprint density at radius 3 is 2.21 bits per heavy atom. The summed E-state index contributed by atoms with van der Waals surface area (Å²) in [5.41, 5.74) is 9.24. The topological polar surface area (TPSA) is 138 Å². The van der Waals surface area contributed by atoms with Gasteiger partial charge in [-0.1, -0.05) is 32.9 Å². The van der Waals surface area contributed by atoms with E-state index in [1.807, 2.05) is 18.2 Å². The second-order valence-electron chi connectivity index (χ2n) is 8.07. The summed E-state index contributed by atoms with van der Waals surface area (Å²) in [6, 6.07) is 10.9. The lowest BCUT2D eigenvalue weighted by Gasteiger charge is -2.15. The molecule has 8 nitrogen and oxygen atoms in total. The number of carboxylic acids is 1. The minimum Gasteiger partial charge on any atom is -0.475 e. The number of halogens is 3. The van der Waals surface area contributed by atoms with Crippen LogP contribution in [0.4, 0.5) is 13.2 Å². The minimum atomic E-state index is -5.08. The van der Waals surface area contributed by atoms with Crippen molar-refractivity contribution in [2.75, 3.05) is 13.1 Å². The van der Waals surface area contributed by atoms with Gasteiger partial charge in [0.2, 0.25) is 10.0 Å². The highest BCUT2D eigenvalue weighted by Gasteiger charge is 2.38. The summed E-state index contributed by atoms with van der Waals surface area (Å²) in [4.78, 5) is 16.9. The highest BCUT2D eigenvalue weighted by Crippen LogP contribution is 2.32. The Morgan fingerprint density at radius 2 is 1.73 bits per heavy atom. The van der Waals surface area contributed by atoms with E-state index in [1.54, 1.807) is 18.3 Å². The molecule has 0 atom stereocenters. The van der Waals surface area contributed by atoms with Crippen molar-refractivity contribution >= 4 is 27.0 Å². The molecule has 33 heavy (non-hydrogen) atoms. The molecule has 0 radical (unpaired) electrons. The number of pyridine rings is 1. The van der Waals surface area contributed by atoms with Crippen LogP contribution in [0.5, 0.6) is 0 Å². The van der Waals surface area contributed by atoms with Crippen LogP contribution in [0.3, 0.4) is 0 Å². The fourth-order valence-electron chi connectivity index (χ4n) is 2.77. The average molecular weight is 487 g/mol. The lowest BCUT2D eigenvalue weighted by atomic mass is 9.92. The van der Waals surface area contributed by atoms with Gasteiger partial charge in [-0.15, -0.1) is 0 Å². The van der Waals surface area contributed by atoms with Gasteiger partial charge in [0.15, 0.2) is 0 Å². The van der Waals surface area contributed by atoms with E-state index in [9.17, 15) is 21.6 Å². The molecule has 0 aliphatic carbocycles. The number of nitrogens with two attached hydrogens (primary N) is 1. The number of hydrogen-bond acceptors (Lipinski definition) is 5. The number of H-pyrrole nitrogens is 1. The predicted octanol–water partition coefficient (Wildman–Crippen LogP) is 3.40. The second kappa shape index (κ2) is 9.89. The molecule has 2 aromatic heterocycles. The summed E-state index contributed by atoms with van der Waals surface area (Å²) in [6.07, 6.45) is -3.33. The Balaban J connectivity index is 0.000000479. The fraction of sp³-hybridized carbons (Fsp3) is 0.333. The first-order valence-electron chi connectivity index (χ1n) is 9.75. The third kappa shape index (κ3) is 6.76. The van der Waals surface area contributed by atoms with E-state index in [4.69, 9.17) is 15.6 Å². The van der Waals surface area contributed by atoms with E-state index in [0.29, 0.717) is 0 Å². The van der Waals surface area contributed by atoms with Gasteiger partial charge in [-0.25, -0.2) is 22.9 Å². The zero-order chi connectivity index (χ0) is 25.0. The third-order valence-electron chi connectivity index (χ3n) is 4.49. The van der Waals surface area contributed by atoms with Crippen molar-refractivity contribution in [2.45, 2.75) is 37.3 Å². The van der Waals surface area contributed by atoms with Gasteiger partial charge in [-0.3, -0.25) is 0 Å². The van der Waals surface area contributed by atoms with Crippen LogP contribution in [0.1, 0.15) is 26.5 Å². The zero-order valence-corrected chi connectivity index (χ0v) is 19.0. The molecule has 0 aliphatic heterocycles. The van der Waals surface area contributed by atoms with E-state index >= 15 is 0 Å². The Morgan fingerprint density at radius 1 is 1.15 bits per heavy atom. The molecule has 0 bridgehead atoms. The average Bonchev–Trinajstić information content (AvgIpc) is 3.17. The number of aromatic nitrogens is 2. The molecule has 12 heteroatoms. The molecule has 0 unspecified atom stereocenters. The predicted molar refractivity (Wildman–Crippen MR) is 118 cm³/mol. The number of fused-ring (bicyclic) bond motifs is 1. The molecule has 0 amide bonds. The Kier molecular flexibility index (Phi) is 7.88. The van der Waals surface area contributed by atoms with E-state index in [1.165, 1.54) is 0 Å². The number of alkyl halides is 3. The number of rotatable bonds is 5. The van der Waals surface area contributed by atoms with Gasteiger partial charge in [0.25, 0.3) is 0 Å². The molecule has 0 aliphatic rings. The van der Waals surface area contributed by atoms with Crippen molar-refractivity contribution in [3.05, 3.63) is 48.3 Å². The van der Waals surface area contributed by atoms with Gasteiger partial charge in [0, 0.05) is 35.8 Å². The number of sulfonamides is 1. The molecule has 3 rings (SSSR count). The van der Waals surface area contributed by atoms with Crippen molar-refractivity contribution in [1.29, 1.82) is 0 Å². The second-order valence-corrected chi connectivity index (χ2v) is 9.83. The summed E-state index contributed by atoms with van der Waals surface area (Å²) in [5.74, 6) is -2.76. The van der Waals surface area contributed by atoms with Crippen LogP contribution < -0.4 is 10.5 Å². The summed E-state index contributed by atoms with van der Waals surface area (Å²) in [5, 5.41) is 8.15. The SMILES string of the molecule is CC(C)(C)c1cc2c(-c3ccc(S(=O)(=O)NCCN)cc3)ccnc2[nH]1.O=C(O)C(F)(F)F. The van der Waals surface area contributed by atoms with Gasteiger partial charge in [0.05, 0.1) is 4.90 Å². The lowest BCUT2D eigenvalue weighted by Crippen LogP contribution is -2.29. The molecule has 0 saturated carbocycles. The maximum atomic E-state index is 12.2. The Hall–Kier alpha value is -2.96. The minimum absolute atomic E-state index is 0.00936. The van der Waals surface area contributed by atoms with Gasteiger partial charge < -0.3 is 15.8 Å². The van der Waals surface area contributed by atoms with E-state index in [0.717, 1.165) is 27.9 Å². The monoisotopic (exact) mass is 486 g/mol. The van der Waals surface area contributed by atoms with Gasteiger partial charge in [-0.05, 0) is 35.4 Å². The molecular weight excluding hydrogens is 461 g/mol. The number of carboxylic acid groups (broad SMARTS) is 1. The molecule has 0 fully saturated rings. The van der Waals surface area contributed by atoms with Crippen molar-refractivity contribution in [1.82, 2.24) is 14.7 Å². The van der Waals surface area contributed by atoms with Crippen LogP contribution in [-0.2, 0) is 20.2 Å². The molecule has 3 aromatic rings. The number of nitrogens with one attached hydrogen (secondary N) is 2. The lowest BCUT2D eigenvalue weighted by molar-refractivity contribution is -0.192. The van der Waals surface area contributed by atoms with Crippen LogP contribution in [0, 0.1) is 0 Å². The van der Waals surface area contributed by atoms with Crippen LogP contribution in [0.15, 0.2) is 47.5 Å². The first-order chi connectivity index (χ1) is 15.2. The number of aromatic amines is 1. The van der Waals surface area contributed by atoms with Crippen molar-refractivity contribution in [3.63, 3.8) is 0 Å². The van der Waals surface area contributed by atoms with E-state index in [-0.39, 0.29) is 23.4 Å². The molecular formula is C21H25F3N4O4S. The quantitative estimate of drug-likeness (QED) is 0.436. The third-order valence-corrected chi connectivity index (χ3v) is 5.97. The van der Waals surface area contributed by atoms with E-state index < -0.39 is 22.2 Å². The molecule has 0 saturated heterocycles. The van der Waals surface area contributed by atoms with Crippen LogP contribution in [0.25, 0.3) is 22.2 Å². The molecule has 2 heterocycles. The van der Waals surface area contributed by atoms with Gasteiger partial charge in [-0.2, -0.15) is 13.2 Å². The number of nitrogens with zero attached hydrogens (tertiary/aromatic N) is 1. The van der Waals surface area contributed by atoms with E-state index in [2.05, 4.69) is 41.5 Å². The zero-order valence-electron chi connectivity index (χ0n) is 18.2. The van der Waals surface area contributed by atoms with Crippen molar-refractivity contribution in [2.24, 2.45) is 5.73 Å². The number of hydrogen-bond donors (Lipinski definition) is 4. The fourth-order valence-corrected chi connectivity index (χ4v) is 3.82. The summed E-state index contributed by atoms with van der Waals surface area (Å²) in [7, 11) is -3.53. The summed E-state index contributed by atoms with van der Waals surface area (Å²) < 4.78 is 58.6. The molecule has 1 aromatic carbocycles. The largest absolute Gasteiger partial charge is 0.490 e. The van der Waals surface area contributed by atoms with Gasteiger partial charge >= 0.3 is 12.1 Å². The van der Waals surface area contributed by atoms with Crippen molar-refractivity contribution < 1.29 is 31.5 Å². The van der Waals surface area contributed by atoms with Crippen LogP contribution >= 0.6 is 0 Å². The first kappa shape index (κ1) is 26.3. The van der Waals surface area contributed by atoms with Crippen molar-refractivity contribution in [3.8, 4) is 11.1 Å². The first-order valence-corrected chi connectivity index (χ1v) is 11.2. The summed E-state index contributed by atoms with van der Waals surface area (Å²) in [6.45, 7) is 6.91. The molecule has 0 spiro atoms. The van der Waals surface area contributed by atoms with Crippen LogP contribution in [0.2, 0.25) is 0 Å². The Bertz CT molecular complexity index is 1220. The highest BCUT2D eigenvalue weighted by molar-refractivity contribution is 7.89. The number of carbonyl (C=O) groups is 1. The number of aliphatic carboxylic acids is 1. The van der Waals surface area contributed by atoms with Gasteiger partial charge in [0.1, 0.15) is 5.65 Å². The van der Waals surface area contributed by atoms with Crippen LogP contribution in [-0.4, -0.2) is 48.7 Å². The standard InChI is InChI=1S/C19H24N4O2S.C2HF3O2/c1-19(2,3)17-12-16-15(8-10-21-18(16)23-17)13-4-6-14(7-5-13)26(24,25)22-11-9-20;3-2(4,5)1(6)7/h4-8,10,12,22H,9,11,20H2,1-3H3,(H,21,23);(H,6,7).